The maximum Gasteiger partial charge on any atom is 0.135 e. The first-order valence-corrected chi connectivity index (χ1v) is 5.67. The summed E-state index contributed by atoms with van der Waals surface area (Å²) in [5, 5.41) is 0. The highest BCUT2D eigenvalue weighted by molar-refractivity contribution is 5.80. The van der Waals surface area contributed by atoms with Gasteiger partial charge in [0.25, 0.3) is 0 Å². The van der Waals surface area contributed by atoms with Crippen molar-refractivity contribution in [3.8, 4) is 0 Å². The van der Waals surface area contributed by atoms with Gasteiger partial charge in [0.2, 0.25) is 0 Å². The zero-order valence-electron chi connectivity index (χ0n) is 9.18. The fourth-order valence-electron chi connectivity index (χ4n) is 2.37. The molecule has 1 aliphatic rings. The Balaban J connectivity index is 2.39. The number of hydrogen-bond donors (Lipinski definition) is 0. The molecule has 1 nitrogen and oxygen atoms in total. The number of rotatable bonds is 3. The van der Waals surface area contributed by atoms with Crippen LogP contribution in [0.1, 0.15) is 52.9 Å². The van der Waals surface area contributed by atoms with Crippen LogP contribution in [0.2, 0.25) is 0 Å². The molecule has 0 aromatic heterocycles. The number of carbonyl (C=O) groups is 1. The molecule has 1 aliphatic carbocycles. The summed E-state index contributed by atoms with van der Waals surface area (Å²) in [7, 11) is 0. The van der Waals surface area contributed by atoms with Gasteiger partial charge in [0, 0.05) is 12.3 Å². The van der Waals surface area contributed by atoms with Gasteiger partial charge in [-0.05, 0) is 24.7 Å². The van der Waals surface area contributed by atoms with E-state index in [0.29, 0.717) is 24.0 Å². The molecule has 1 heteroatoms. The second-order valence-corrected chi connectivity index (χ2v) is 4.63. The van der Waals surface area contributed by atoms with Crippen LogP contribution in [0.3, 0.4) is 0 Å². The lowest BCUT2D eigenvalue weighted by Crippen LogP contribution is -2.24. The van der Waals surface area contributed by atoms with Gasteiger partial charge in [0.1, 0.15) is 5.78 Å². The Labute approximate surface area is 81.9 Å². The highest BCUT2D eigenvalue weighted by Gasteiger charge is 2.26. The minimum absolute atomic E-state index is 0.317. The van der Waals surface area contributed by atoms with E-state index < -0.39 is 0 Å². The molecule has 0 aromatic carbocycles. The first-order chi connectivity index (χ1) is 6.15. The third-order valence-corrected chi connectivity index (χ3v) is 3.62. The molecular weight excluding hydrogens is 160 g/mol. The van der Waals surface area contributed by atoms with Crippen LogP contribution in [0.25, 0.3) is 0 Å². The number of hydrogen-bond acceptors (Lipinski definition) is 1. The second kappa shape index (κ2) is 4.78. The van der Waals surface area contributed by atoms with Crippen molar-refractivity contribution in [1.82, 2.24) is 0 Å². The summed E-state index contributed by atoms with van der Waals surface area (Å²) in [5.74, 6) is 2.35. The van der Waals surface area contributed by atoms with E-state index in [1.54, 1.807) is 0 Å². The number of Topliss-reactive ketones (excluding diaryl/α,β-unsaturated/α-hetero) is 1. The van der Waals surface area contributed by atoms with E-state index in [1.807, 2.05) is 6.92 Å². The molecule has 0 N–H and O–H groups in total. The smallest absolute Gasteiger partial charge is 0.135 e. The SMILES string of the molecule is CCC(=O)C(C)C1CCC(C)CC1. The molecule has 0 spiro atoms. The average Bonchev–Trinajstić information content (AvgIpc) is 2.17. The molecule has 1 atom stereocenters. The van der Waals surface area contributed by atoms with E-state index >= 15 is 0 Å². The van der Waals surface area contributed by atoms with Gasteiger partial charge in [-0.15, -0.1) is 0 Å². The topological polar surface area (TPSA) is 17.1 Å². The summed E-state index contributed by atoms with van der Waals surface area (Å²) in [6, 6.07) is 0. The monoisotopic (exact) mass is 182 g/mol. The maximum atomic E-state index is 11.5. The Hall–Kier alpha value is -0.330. The molecule has 1 saturated carbocycles. The molecule has 0 heterocycles. The van der Waals surface area contributed by atoms with Crippen molar-refractivity contribution in [3.63, 3.8) is 0 Å². The first kappa shape index (κ1) is 10.7. The Morgan fingerprint density at radius 2 is 1.85 bits per heavy atom. The molecule has 13 heavy (non-hydrogen) atoms. The van der Waals surface area contributed by atoms with Crippen molar-refractivity contribution in [2.24, 2.45) is 17.8 Å². The molecule has 76 valence electrons. The lowest BCUT2D eigenvalue weighted by atomic mass is 9.75. The minimum Gasteiger partial charge on any atom is -0.299 e. The molecular formula is C12H22O. The lowest BCUT2D eigenvalue weighted by Gasteiger charge is -2.29. The molecule has 0 aliphatic heterocycles. The van der Waals surface area contributed by atoms with Crippen molar-refractivity contribution >= 4 is 5.78 Å². The average molecular weight is 182 g/mol. The minimum atomic E-state index is 0.317. The molecule has 1 fully saturated rings. The van der Waals surface area contributed by atoms with Gasteiger partial charge in [0.05, 0.1) is 0 Å². The van der Waals surface area contributed by atoms with E-state index in [9.17, 15) is 4.79 Å². The molecule has 0 radical (unpaired) electrons. The zero-order chi connectivity index (χ0) is 9.84. The van der Waals surface area contributed by atoms with Crippen molar-refractivity contribution < 1.29 is 4.79 Å². The normalized spacial score (nSPS) is 31.3. The van der Waals surface area contributed by atoms with Crippen molar-refractivity contribution in [3.05, 3.63) is 0 Å². The van der Waals surface area contributed by atoms with Crippen LogP contribution < -0.4 is 0 Å². The third-order valence-electron chi connectivity index (χ3n) is 3.62. The summed E-state index contributed by atoms with van der Waals surface area (Å²) in [6.45, 7) is 6.42. The summed E-state index contributed by atoms with van der Waals surface area (Å²) in [6.07, 6.45) is 5.91. The van der Waals surface area contributed by atoms with Crippen LogP contribution in [-0.4, -0.2) is 5.78 Å². The van der Waals surface area contributed by atoms with Crippen molar-refractivity contribution in [2.45, 2.75) is 52.9 Å². The van der Waals surface area contributed by atoms with Gasteiger partial charge in [-0.25, -0.2) is 0 Å². The van der Waals surface area contributed by atoms with Crippen LogP contribution in [0.15, 0.2) is 0 Å². The first-order valence-electron chi connectivity index (χ1n) is 5.67. The third kappa shape index (κ3) is 2.82. The van der Waals surface area contributed by atoms with Crippen LogP contribution in [0.4, 0.5) is 0 Å². The van der Waals surface area contributed by atoms with E-state index in [-0.39, 0.29) is 0 Å². The van der Waals surface area contributed by atoms with E-state index in [0.717, 1.165) is 5.92 Å². The summed E-state index contributed by atoms with van der Waals surface area (Å²) >= 11 is 0. The highest BCUT2D eigenvalue weighted by atomic mass is 16.1. The van der Waals surface area contributed by atoms with Gasteiger partial charge < -0.3 is 0 Å². The highest BCUT2D eigenvalue weighted by Crippen LogP contribution is 2.33. The van der Waals surface area contributed by atoms with Gasteiger partial charge in [-0.2, -0.15) is 0 Å². The van der Waals surface area contributed by atoms with Crippen LogP contribution in [0.5, 0.6) is 0 Å². The quantitative estimate of drug-likeness (QED) is 0.653. The summed E-state index contributed by atoms with van der Waals surface area (Å²) < 4.78 is 0. The van der Waals surface area contributed by atoms with Gasteiger partial charge in [-0.3, -0.25) is 4.79 Å². The predicted molar refractivity (Wildman–Crippen MR) is 55.6 cm³/mol. The lowest BCUT2D eigenvalue weighted by molar-refractivity contribution is -0.124. The molecule has 0 amide bonds. The van der Waals surface area contributed by atoms with Gasteiger partial charge in [-0.1, -0.05) is 33.6 Å². The van der Waals surface area contributed by atoms with Crippen molar-refractivity contribution in [1.29, 1.82) is 0 Å². The Morgan fingerprint density at radius 1 is 1.31 bits per heavy atom. The van der Waals surface area contributed by atoms with E-state index in [4.69, 9.17) is 0 Å². The molecule has 0 bridgehead atoms. The van der Waals surface area contributed by atoms with Crippen molar-refractivity contribution in [2.75, 3.05) is 0 Å². The zero-order valence-corrected chi connectivity index (χ0v) is 9.18. The second-order valence-electron chi connectivity index (χ2n) is 4.63. The van der Waals surface area contributed by atoms with Crippen LogP contribution in [-0.2, 0) is 4.79 Å². The Kier molecular flexibility index (Phi) is 3.95. The molecule has 0 saturated heterocycles. The van der Waals surface area contributed by atoms with Gasteiger partial charge >= 0.3 is 0 Å². The predicted octanol–water partition coefficient (Wildman–Crippen LogP) is 3.43. The molecule has 1 rings (SSSR count). The Bertz CT molecular complexity index is 166. The summed E-state index contributed by atoms with van der Waals surface area (Å²) in [5.41, 5.74) is 0. The van der Waals surface area contributed by atoms with Gasteiger partial charge in [0.15, 0.2) is 0 Å². The standard InChI is InChI=1S/C12H22O/c1-4-12(13)10(3)11-7-5-9(2)6-8-11/h9-11H,4-8H2,1-3H3. The molecule has 1 unspecified atom stereocenters. The van der Waals surface area contributed by atoms with Crippen LogP contribution >= 0.6 is 0 Å². The fraction of sp³-hybridized carbons (Fsp3) is 0.917. The fourth-order valence-corrected chi connectivity index (χ4v) is 2.37. The van der Waals surface area contributed by atoms with E-state index in [1.165, 1.54) is 25.7 Å². The largest absolute Gasteiger partial charge is 0.299 e. The van der Waals surface area contributed by atoms with Crippen LogP contribution in [0, 0.1) is 17.8 Å². The number of carbonyl (C=O) groups excluding carboxylic acids is 1. The number of ketones is 1. The Morgan fingerprint density at radius 3 is 2.31 bits per heavy atom. The van der Waals surface area contributed by atoms with E-state index in [2.05, 4.69) is 13.8 Å². The maximum absolute atomic E-state index is 11.5. The molecule has 0 aromatic rings. The summed E-state index contributed by atoms with van der Waals surface area (Å²) in [4.78, 5) is 11.5.